The highest BCUT2D eigenvalue weighted by Gasteiger charge is 1.97. The van der Waals surface area contributed by atoms with Crippen molar-refractivity contribution in [1.29, 1.82) is 0 Å². The number of aromatic amines is 1. The highest BCUT2D eigenvalue weighted by Crippen LogP contribution is 1.99. The summed E-state index contributed by atoms with van der Waals surface area (Å²) in [6.07, 6.45) is 5.55. The lowest BCUT2D eigenvalue weighted by molar-refractivity contribution is 0.111. The van der Waals surface area contributed by atoms with Gasteiger partial charge in [-0.05, 0) is 6.42 Å². The van der Waals surface area contributed by atoms with Crippen LogP contribution in [0.5, 0.6) is 0 Å². The molecule has 0 aliphatic carbocycles. The lowest BCUT2D eigenvalue weighted by Crippen LogP contribution is -1.87. The lowest BCUT2D eigenvalue weighted by atomic mass is 10.2. The average Bonchev–Trinajstić information content (AvgIpc) is 2.48. The first kappa shape index (κ1) is 7.98. The molecule has 1 heterocycles. The molecular formula is C8H12N2O. The van der Waals surface area contributed by atoms with Crippen LogP contribution in [-0.2, 0) is 6.42 Å². The van der Waals surface area contributed by atoms with Gasteiger partial charge in [-0.3, -0.25) is 4.79 Å². The molecule has 1 aromatic heterocycles. The zero-order valence-electron chi connectivity index (χ0n) is 6.63. The molecular weight excluding hydrogens is 140 g/mol. The lowest BCUT2D eigenvalue weighted by Gasteiger charge is -1.90. The molecule has 0 spiro atoms. The zero-order chi connectivity index (χ0) is 8.10. The largest absolute Gasteiger partial charge is 0.340 e. The molecule has 0 aliphatic heterocycles. The number of nitrogens with zero attached hydrogens (tertiary/aromatic N) is 1. The molecule has 0 fully saturated rings. The predicted octanol–water partition coefficient (Wildman–Crippen LogP) is 1.56. The Morgan fingerprint density at radius 3 is 3.09 bits per heavy atom. The van der Waals surface area contributed by atoms with Gasteiger partial charge >= 0.3 is 0 Å². The van der Waals surface area contributed by atoms with Gasteiger partial charge in [-0.25, -0.2) is 4.98 Å². The monoisotopic (exact) mass is 152 g/mol. The van der Waals surface area contributed by atoms with Gasteiger partial charge < -0.3 is 4.98 Å². The maximum Gasteiger partial charge on any atom is 0.167 e. The summed E-state index contributed by atoms with van der Waals surface area (Å²) in [5.41, 5.74) is 0.566. The number of rotatable bonds is 4. The summed E-state index contributed by atoms with van der Waals surface area (Å²) in [4.78, 5) is 17.2. The number of aldehydes is 1. The van der Waals surface area contributed by atoms with Crippen LogP contribution in [0.3, 0.4) is 0 Å². The normalized spacial score (nSPS) is 9.91. The minimum Gasteiger partial charge on any atom is -0.340 e. The van der Waals surface area contributed by atoms with Gasteiger partial charge in [0.2, 0.25) is 0 Å². The molecule has 1 N–H and O–H groups in total. The van der Waals surface area contributed by atoms with Crippen molar-refractivity contribution in [2.24, 2.45) is 0 Å². The SMILES string of the molecule is CCCCc1ncc(C=O)[nH]1. The first-order valence-electron chi connectivity index (χ1n) is 3.86. The number of aryl methyl sites for hydroxylation is 1. The molecule has 3 heteroatoms. The molecule has 1 rings (SSSR count). The van der Waals surface area contributed by atoms with E-state index in [0.29, 0.717) is 5.69 Å². The summed E-state index contributed by atoms with van der Waals surface area (Å²) < 4.78 is 0. The average molecular weight is 152 g/mol. The van der Waals surface area contributed by atoms with Gasteiger partial charge in [0.25, 0.3) is 0 Å². The van der Waals surface area contributed by atoms with Crippen LogP contribution in [0.4, 0.5) is 0 Å². The number of hydrogen-bond acceptors (Lipinski definition) is 2. The zero-order valence-corrected chi connectivity index (χ0v) is 6.63. The third kappa shape index (κ3) is 2.18. The van der Waals surface area contributed by atoms with Crippen molar-refractivity contribution in [2.45, 2.75) is 26.2 Å². The number of carbonyl (C=O) groups is 1. The van der Waals surface area contributed by atoms with Crippen LogP contribution in [0.2, 0.25) is 0 Å². The Kier molecular flexibility index (Phi) is 2.83. The maximum absolute atomic E-state index is 10.2. The minimum atomic E-state index is 0.566. The minimum absolute atomic E-state index is 0.566. The van der Waals surface area contributed by atoms with E-state index in [4.69, 9.17) is 0 Å². The molecule has 0 bridgehead atoms. The number of aromatic nitrogens is 2. The second-order valence-electron chi connectivity index (χ2n) is 2.51. The molecule has 0 aromatic carbocycles. The van der Waals surface area contributed by atoms with Crippen molar-refractivity contribution in [2.75, 3.05) is 0 Å². The van der Waals surface area contributed by atoms with E-state index in [9.17, 15) is 4.79 Å². The van der Waals surface area contributed by atoms with Crippen molar-refractivity contribution in [3.05, 3.63) is 17.7 Å². The molecule has 3 nitrogen and oxygen atoms in total. The fourth-order valence-corrected chi connectivity index (χ4v) is 0.910. The van der Waals surface area contributed by atoms with Gasteiger partial charge in [0.15, 0.2) is 6.29 Å². The molecule has 0 saturated carbocycles. The Bertz CT molecular complexity index is 230. The summed E-state index contributed by atoms with van der Waals surface area (Å²) in [5.74, 6) is 0.911. The summed E-state index contributed by atoms with van der Waals surface area (Å²) in [7, 11) is 0. The summed E-state index contributed by atoms with van der Waals surface area (Å²) in [6, 6.07) is 0. The van der Waals surface area contributed by atoms with Crippen LogP contribution in [0, 0.1) is 0 Å². The molecule has 60 valence electrons. The molecule has 11 heavy (non-hydrogen) atoms. The molecule has 1 aromatic rings. The maximum atomic E-state index is 10.2. The molecule has 0 aliphatic rings. The molecule has 0 atom stereocenters. The van der Waals surface area contributed by atoms with Crippen LogP contribution < -0.4 is 0 Å². The van der Waals surface area contributed by atoms with E-state index in [0.717, 1.165) is 31.4 Å². The highest BCUT2D eigenvalue weighted by atomic mass is 16.1. The number of carbonyl (C=O) groups excluding carboxylic acids is 1. The molecule has 0 saturated heterocycles. The van der Waals surface area contributed by atoms with Crippen molar-refractivity contribution < 1.29 is 4.79 Å². The second kappa shape index (κ2) is 3.91. The fourth-order valence-electron chi connectivity index (χ4n) is 0.910. The van der Waals surface area contributed by atoms with E-state index in [-0.39, 0.29) is 0 Å². The number of nitrogens with one attached hydrogen (secondary N) is 1. The number of hydrogen-bond donors (Lipinski definition) is 1. The number of unbranched alkanes of at least 4 members (excludes halogenated alkanes) is 1. The van der Waals surface area contributed by atoms with Crippen molar-refractivity contribution in [3.63, 3.8) is 0 Å². The Labute approximate surface area is 65.8 Å². The van der Waals surface area contributed by atoms with E-state index in [2.05, 4.69) is 16.9 Å². The Balaban J connectivity index is 2.51. The van der Waals surface area contributed by atoms with Crippen LogP contribution in [0.1, 0.15) is 36.1 Å². The van der Waals surface area contributed by atoms with Gasteiger partial charge in [-0.1, -0.05) is 13.3 Å². The van der Waals surface area contributed by atoms with Crippen LogP contribution in [-0.4, -0.2) is 16.3 Å². The van der Waals surface area contributed by atoms with Crippen LogP contribution in [0.25, 0.3) is 0 Å². The molecule has 0 unspecified atom stereocenters. The summed E-state index contributed by atoms with van der Waals surface area (Å²) in [6.45, 7) is 2.13. The van der Waals surface area contributed by atoms with Crippen molar-refractivity contribution in [3.8, 4) is 0 Å². The van der Waals surface area contributed by atoms with E-state index in [1.807, 2.05) is 0 Å². The molecule has 0 radical (unpaired) electrons. The van der Waals surface area contributed by atoms with E-state index < -0.39 is 0 Å². The Morgan fingerprint density at radius 1 is 1.73 bits per heavy atom. The standard InChI is InChI=1S/C8H12N2O/c1-2-3-4-8-9-5-7(6-11)10-8/h5-6H,2-4H2,1H3,(H,9,10). The fraction of sp³-hybridized carbons (Fsp3) is 0.500. The third-order valence-electron chi connectivity index (χ3n) is 1.54. The summed E-state index contributed by atoms with van der Waals surface area (Å²) in [5, 5.41) is 0. The topological polar surface area (TPSA) is 45.8 Å². The Hall–Kier alpha value is -1.12. The van der Waals surface area contributed by atoms with E-state index in [1.165, 1.54) is 0 Å². The van der Waals surface area contributed by atoms with Gasteiger partial charge in [0, 0.05) is 6.42 Å². The van der Waals surface area contributed by atoms with Crippen LogP contribution in [0.15, 0.2) is 6.20 Å². The molecule has 0 amide bonds. The van der Waals surface area contributed by atoms with Crippen molar-refractivity contribution >= 4 is 6.29 Å². The van der Waals surface area contributed by atoms with E-state index in [1.54, 1.807) is 6.20 Å². The van der Waals surface area contributed by atoms with Crippen molar-refractivity contribution in [1.82, 2.24) is 9.97 Å². The first-order valence-corrected chi connectivity index (χ1v) is 3.86. The smallest absolute Gasteiger partial charge is 0.167 e. The number of imidazole rings is 1. The predicted molar refractivity (Wildman–Crippen MR) is 42.6 cm³/mol. The van der Waals surface area contributed by atoms with Gasteiger partial charge in [-0.15, -0.1) is 0 Å². The summed E-state index contributed by atoms with van der Waals surface area (Å²) >= 11 is 0. The van der Waals surface area contributed by atoms with Crippen LogP contribution >= 0.6 is 0 Å². The first-order chi connectivity index (χ1) is 5.36. The highest BCUT2D eigenvalue weighted by molar-refractivity contribution is 5.71. The quantitative estimate of drug-likeness (QED) is 0.665. The Morgan fingerprint density at radius 2 is 2.55 bits per heavy atom. The third-order valence-corrected chi connectivity index (χ3v) is 1.54. The number of H-pyrrole nitrogens is 1. The van der Waals surface area contributed by atoms with Gasteiger partial charge in [-0.2, -0.15) is 0 Å². The van der Waals surface area contributed by atoms with Gasteiger partial charge in [0.1, 0.15) is 5.82 Å². The second-order valence-corrected chi connectivity index (χ2v) is 2.51. The van der Waals surface area contributed by atoms with Gasteiger partial charge in [0.05, 0.1) is 11.9 Å². The van der Waals surface area contributed by atoms with E-state index >= 15 is 0 Å².